The van der Waals surface area contributed by atoms with Gasteiger partial charge in [0.05, 0.1) is 17.1 Å². The Hall–Kier alpha value is -3.71. The van der Waals surface area contributed by atoms with E-state index >= 15 is 0 Å². The van der Waals surface area contributed by atoms with E-state index in [0.29, 0.717) is 32.8 Å². The fourth-order valence-electron chi connectivity index (χ4n) is 2.92. The fourth-order valence-corrected chi connectivity index (χ4v) is 3.10. The Bertz CT molecular complexity index is 1380. The molecule has 30 heavy (non-hydrogen) atoms. The third kappa shape index (κ3) is 4.16. The van der Waals surface area contributed by atoms with Crippen LogP contribution in [-0.4, -0.2) is 15.9 Å². The monoisotopic (exact) mass is 423 g/mol. The number of rotatable bonds is 5. The lowest BCUT2D eigenvalue weighted by atomic mass is 10.2. The lowest BCUT2D eigenvalue weighted by molar-refractivity contribution is 0.305. The minimum Gasteiger partial charge on any atom is -0.488 e. The Morgan fingerprint density at radius 1 is 1.07 bits per heavy atom. The van der Waals surface area contributed by atoms with Gasteiger partial charge in [0.15, 0.2) is 0 Å². The highest BCUT2D eigenvalue weighted by atomic mass is 35.5. The van der Waals surface area contributed by atoms with E-state index in [1.165, 1.54) is 18.3 Å². The van der Waals surface area contributed by atoms with Gasteiger partial charge in [-0.05, 0) is 48.0 Å². The van der Waals surface area contributed by atoms with Crippen molar-refractivity contribution in [2.75, 3.05) is 0 Å². The molecule has 150 valence electrons. The molecule has 6 nitrogen and oxygen atoms in total. The number of hydrogen-bond donors (Lipinski definition) is 1. The second-order valence-electron chi connectivity index (χ2n) is 6.44. The van der Waals surface area contributed by atoms with Crippen LogP contribution in [-0.2, 0) is 6.61 Å². The lowest BCUT2D eigenvalue weighted by Crippen LogP contribution is -2.32. The highest BCUT2D eigenvalue weighted by molar-refractivity contribution is 6.30. The third-order valence-corrected chi connectivity index (χ3v) is 4.59. The fraction of sp³-hybridized carbons (Fsp3) is 0.0455. The molecule has 0 bridgehead atoms. The van der Waals surface area contributed by atoms with E-state index in [4.69, 9.17) is 16.3 Å². The SMILES string of the molecule is O=c1[nH]c2ccccc2c(=O)n1N=Cc1cc(Cl)ccc1OCc1cccc(F)c1. The van der Waals surface area contributed by atoms with Crippen molar-refractivity contribution < 1.29 is 9.13 Å². The summed E-state index contributed by atoms with van der Waals surface area (Å²) in [6.45, 7) is 0.122. The molecule has 0 atom stereocenters. The number of H-pyrrole nitrogens is 1. The van der Waals surface area contributed by atoms with Crippen molar-refractivity contribution in [1.29, 1.82) is 0 Å². The highest BCUT2D eigenvalue weighted by Gasteiger charge is 2.08. The van der Waals surface area contributed by atoms with Crippen LogP contribution in [0.5, 0.6) is 5.75 Å². The predicted octanol–water partition coefficient (Wildman–Crippen LogP) is 3.94. The molecule has 1 heterocycles. The van der Waals surface area contributed by atoms with E-state index in [1.807, 2.05) is 0 Å². The van der Waals surface area contributed by atoms with Crippen LogP contribution in [0, 0.1) is 5.82 Å². The molecule has 0 saturated heterocycles. The number of halogens is 2. The predicted molar refractivity (Wildman–Crippen MR) is 114 cm³/mol. The van der Waals surface area contributed by atoms with Gasteiger partial charge in [0, 0.05) is 10.6 Å². The average Bonchev–Trinajstić information content (AvgIpc) is 2.73. The summed E-state index contributed by atoms with van der Waals surface area (Å²) < 4.78 is 19.9. The van der Waals surface area contributed by atoms with Crippen LogP contribution in [0.4, 0.5) is 4.39 Å². The maximum absolute atomic E-state index is 13.4. The molecule has 0 unspecified atom stereocenters. The van der Waals surface area contributed by atoms with Gasteiger partial charge in [0.25, 0.3) is 5.56 Å². The average molecular weight is 424 g/mol. The summed E-state index contributed by atoms with van der Waals surface area (Å²) in [5.74, 6) is 0.0570. The first-order chi connectivity index (χ1) is 14.5. The number of nitrogens with one attached hydrogen (secondary N) is 1. The molecule has 0 aliphatic heterocycles. The Morgan fingerprint density at radius 3 is 2.73 bits per heavy atom. The van der Waals surface area contributed by atoms with Gasteiger partial charge in [-0.25, -0.2) is 9.18 Å². The van der Waals surface area contributed by atoms with Crippen LogP contribution in [0.25, 0.3) is 10.9 Å². The molecule has 0 spiro atoms. The van der Waals surface area contributed by atoms with Crippen LogP contribution in [0.1, 0.15) is 11.1 Å². The van der Waals surface area contributed by atoms with Gasteiger partial charge >= 0.3 is 5.69 Å². The smallest absolute Gasteiger partial charge is 0.349 e. The van der Waals surface area contributed by atoms with Gasteiger partial charge in [-0.3, -0.25) is 4.79 Å². The molecule has 4 rings (SSSR count). The zero-order chi connectivity index (χ0) is 21.1. The van der Waals surface area contributed by atoms with Crippen molar-refractivity contribution in [1.82, 2.24) is 9.66 Å². The minimum atomic E-state index is -0.667. The first kappa shape index (κ1) is 19.6. The minimum absolute atomic E-state index is 0.122. The van der Waals surface area contributed by atoms with Gasteiger partial charge < -0.3 is 9.72 Å². The molecule has 0 amide bonds. The number of aromatic nitrogens is 2. The number of fused-ring (bicyclic) bond motifs is 1. The maximum atomic E-state index is 13.4. The lowest BCUT2D eigenvalue weighted by Gasteiger charge is -2.10. The summed E-state index contributed by atoms with van der Waals surface area (Å²) in [4.78, 5) is 27.5. The van der Waals surface area contributed by atoms with E-state index in [9.17, 15) is 14.0 Å². The normalized spacial score (nSPS) is 11.3. The molecule has 0 fully saturated rings. The van der Waals surface area contributed by atoms with Crippen molar-refractivity contribution >= 4 is 28.7 Å². The van der Waals surface area contributed by atoms with Gasteiger partial charge in [-0.15, -0.1) is 4.68 Å². The Kier molecular flexibility index (Phi) is 5.45. The highest BCUT2D eigenvalue weighted by Crippen LogP contribution is 2.22. The summed E-state index contributed by atoms with van der Waals surface area (Å²) in [6, 6.07) is 17.6. The van der Waals surface area contributed by atoms with Gasteiger partial charge in [0.2, 0.25) is 0 Å². The van der Waals surface area contributed by atoms with Crippen molar-refractivity contribution in [2.24, 2.45) is 5.10 Å². The van der Waals surface area contributed by atoms with Crippen LogP contribution in [0.3, 0.4) is 0 Å². The first-order valence-electron chi connectivity index (χ1n) is 8.96. The van der Waals surface area contributed by atoms with Gasteiger partial charge in [0.1, 0.15) is 18.2 Å². The molecule has 0 radical (unpaired) electrons. The molecular weight excluding hydrogens is 409 g/mol. The van der Waals surface area contributed by atoms with Crippen LogP contribution >= 0.6 is 11.6 Å². The summed E-state index contributed by atoms with van der Waals surface area (Å²) >= 11 is 6.07. The Morgan fingerprint density at radius 2 is 1.90 bits per heavy atom. The largest absolute Gasteiger partial charge is 0.488 e. The second kappa shape index (κ2) is 8.34. The van der Waals surface area contributed by atoms with Crippen molar-refractivity contribution in [2.45, 2.75) is 6.61 Å². The van der Waals surface area contributed by atoms with Crippen molar-refractivity contribution in [3.63, 3.8) is 0 Å². The molecule has 1 N–H and O–H groups in total. The number of nitrogens with zero attached hydrogens (tertiary/aromatic N) is 2. The molecular formula is C22H15ClFN3O3. The summed E-state index contributed by atoms with van der Waals surface area (Å²) in [6.07, 6.45) is 1.32. The maximum Gasteiger partial charge on any atom is 0.349 e. The molecule has 3 aromatic carbocycles. The summed E-state index contributed by atoms with van der Waals surface area (Å²) in [7, 11) is 0. The van der Waals surface area contributed by atoms with E-state index in [1.54, 1.807) is 54.6 Å². The number of para-hydroxylation sites is 1. The van der Waals surface area contributed by atoms with Crippen LogP contribution < -0.4 is 16.0 Å². The number of ether oxygens (including phenoxy) is 1. The Labute approximate surface area is 174 Å². The molecule has 0 aliphatic rings. The van der Waals surface area contributed by atoms with Gasteiger partial charge in [-0.2, -0.15) is 5.10 Å². The molecule has 1 aromatic heterocycles. The standard InChI is InChI=1S/C22H15ClFN3O3/c23-16-8-9-20(30-13-14-4-3-5-17(24)10-14)15(11-16)12-25-27-21(28)18-6-1-2-7-19(18)26-22(27)29/h1-12H,13H2,(H,26,29). The summed E-state index contributed by atoms with van der Waals surface area (Å²) in [5.41, 5.74) is 0.322. The van der Waals surface area contributed by atoms with E-state index in [-0.39, 0.29) is 12.4 Å². The molecule has 4 aromatic rings. The van der Waals surface area contributed by atoms with Crippen molar-refractivity contribution in [3.05, 3.63) is 110 Å². The van der Waals surface area contributed by atoms with Crippen molar-refractivity contribution in [3.8, 4) is 5.75 Å². The Balaban J connectivity index is 1.67. The van der Waals surface area contributed by atoms with E-state index < -0.39 is 11.2 Å². The summed E-state index contributed by atoms with van der Waals surface area (Å²) in [5, 5.41) is 4.79. The molecule has 8 heteroatoms. The zero-order valence-corrected chi connectivity index (χ0v) is 16.3. The van der Waals surface area contributed by atoms with E-state index in [0.717, 1.165) is 4.68 Å². The first-order valence-corrected chi connectivity index (χ1v) is 9.34. The zero-order valence-electron chi connectivity index (χ0n) is 15.5. The number of benzene rings is 3. The second-order valence-corrected chi connectivity index (χ2v) is 6.87. The van der Waals surface area contributed by atoms with Crippen LogP contribution in [0.2, 0.25) is 5.02 Å². The number of aromatic amines is 1. The van der Waals surface area contributed by atoms with Gasteiger partial charge in [-0.1, -0.05) is 35.9 Å². The molecule has 0 aliphatic carbocycles. The third-order valence-electron chi connectivity index (χ3n) is 4.35. The topological polar surface area (TPSA) is 76.5 Å². The van der Waals surface area contributed by atoms with E-state index in [2.05, 4.69) is 10.1 Å². The molecule has 0 saturated carbocycles. The van der Waals surface area contributed by atoms with Crippen LogP contribution in [0.15, 0.2) is 81.4 Å². The quantitative estimate of drug-likeness (QED) is 0.494. The number of hydrogen-bond acceptors (Lipinski definition) is 4.